The quantitative estimate of drug-likeness (QED) is 0.787. The molecule has 3 nitrogen and oxygen atoms in total. The molecule has 0 bridgehead atoms. The Morgan fingerprint density at radius 3 is 2.53 bits per heavy atom. The number of hydrogen-bond donors (Lipinski definition) is 2. The van der Waals surface area contributed by atoms with Crippen molar-refractivity contribution in [1.82, 2.24) is 16.0 Å². The SMILES string of the molecule is CC(C)C1=CNN(Cc2ccccc2)N1. The molecule has 1 aliphatic heterocycles. The molecule has 1 heterocycles. The normalized spacial score (nSPS) is 16.1. The Kier molecular flexibility index (Phi) is 2.92. The maximum absolute atomic E-state index is 3.32. The van der Waals surface area contributed by atoms with Crippen LogP contribution in [0.4, 0.5) is 0 Å². The first kappa shape index (κ1) is 10.1. The van der Waals surface area contributed by atoms with E-state index in [2.05, 4.69) is 49.0 Å². The molecule has 2 rings (SSSR count). The lowest BCUT2D eigenvalue weighted by Crippen LogP contribution is -2.38. The molecule has 0 saturated carbocycles. The van der Waals surface area contributed by atoms with Crippen molar-refractivity contribution in [3.8, 4) is 0 Å². The van der Waals surface area contributed by atoms with Gasteiger partial charge < -0.3 is 10.9 Å². The van der Waals surface area contributed by atoms with Gasteiger partial charge in [0.15, 0.2) is 0 Å². The van der Waals surface area contributed by atoms with Crippen LogP contribution < -0.4 is 10.9 Å². The van der Waals surface area contributed by atoms with E-state index in [4.69, 9.17) is 0 Å². The summed E-state index contributed by atoms with van der Waals surface area (Å²) in [6.45, 7) is 5.20. The van der Waals surface area contributed by atoms with Crippen LogP contribution in [0.5, 0.6) is 0 Å². The minimum Gasteiger partial charge on any atom is -0.307 e. The van der Waals surface area contributed by atoms with Gasteiger partial charge >= 0.3 is 0 Å². The van der Waals surface area contributed by atoms with Gasteiger partial charge in [-0.25, -0.2) is 0 Å². The van der Waals surface area contributed by atoms with Crippen LogP contribution in [0.3, 0.4) is 0 Å². The Morgan fingerprint density at radius 1 is 1.20 bits per heavy atom. The van der Waals surface area contributed by atoms with E-state index < -0.39 is 0 Å². The molecule has 0 aliphatic carbocycles. The summed E-state index contributed by atoms with van der Waals surface area (Å²) in [5, 5.41) is 1.99. The van der Waals surface area contributed by atoms with Crippen molar-refractivity contribution in [3.63, 3.8) is 0 Å². The maximum Gasteiger partial charge on any atom is 0.0638 e. The van der Waals surface area contributed by atoms with Gasteiger partial charge in [0.2, 0.25) is 0 Å². The molecular weight excluding hydrogens is 186 g/mol. The van der Waals surface area contributed by atoms with E-state index in [-0.39, 0.29) is 0 Å². The first-order valence-electron chi connectivity index (χ1n) is 5.30. The summed E-state index contributed by atoms with van der Waals surface area (Å²) in [5.74, 6) is 0.526. The number of hydrogen-bond acceptors (Lipinski definition) is 3. The minimum atomic E-state index is 0.526. The van der Waals surface area contributed by atoms with Crippen LogP contribution in [-0.4, -0.2) is 5.12 Å². The van der Waals surface area contributed by atoms with E-state index in [1.54, 1.807) is 0 Å². The molecule has 0 unspecified atom stereocenters. The number of benzene rings is 1. The van der Waals surface area contributed by atoms with E-state index >= 15 is 0 Å². The minimum absolute atomic E-state index is 0.526. The van der Waals surface area contributed by atoms with Gasteiger partial charge in [0, 0.05) is 11.9 Å². The topological polar surface area (TPSA) is 27.3 Å². The Bertz CT molecular complexity index is 343. The predicted molar refractivity (Wildman–Crippen MR) is 61.2 cm³/mol. The van der Waals surface area contributed by atoms with E-state index in [0.717, 1.165) is 6.54 Å². The molecule has 0 spiro atoms. The molecule has 1 aromatic carbocycles. The van der Waals surface area contributed by atoms with Gasteiger partial charge in [-0.05, 0) is 11.5 Å². The molecule has 1 aromatic rings. The molecule has 0 radical (unpaired) electrons. The van der Waals surface area contributed by atoms with Crippen LogP contribution in [-0.2, 0) is 6.54 Å². The average molecular weight is 203 g/mol. The Hall–Kier alpha value is -1.48. The monoisotopic (exact) mass is 203 g/mol. The van der Waals surface area contributed by atoms with E-state index in [9.17, 15) is 0 Å². The van der Waals surface area contributed by atoms with Crippen molar-refractivity contribution in [2.24, 2.45) is 5.92 Å². The maximum atomic E-state index is 3.32. The first-order chi connectivity index (χ1) is 7.25. The van der Waals surface area contributed by atoms with Crippen LogP contribution >= 0.6 is 0 Å². The number of nitrogens with zero attached hydrogens (tertiary/aromatic N) is 1. The van der Waals surface area contributed by atoms with Gasteiger partial charge in [0.25, 0.3) is 0 Å². The van der Waals surface area contributed by atoms with Crippen molar-refractivity contribution in [3.05, 3.63) is 47.8 Å². The highest BCUT2D eigenvalue weighted by atomic mass is 15.7. The van der Waals surface area contributed by atoms with Crippen molar-refractivity contribution < 1.29 is 0 Å². The molecule has 0 amide bonds. The standard InChI is InChI=1S/C12H17N3/c1-10(2)12-8-13-15(14-12)9-11-6-4-3-5-7-11/h3-8,10,13-14H,9H2,1-2H3. The zero-order valence-corrected chi connectivity index (χ0v) is 9.20. The zero-order valence-electron chi connectivity index (χ0n) is 9.20. The summed E-state index contributed by atoms with van der Waals surface area (Å²) < 4.78 is 0. The summed E-state index contributed by atoms with van der Waals surface area (Å²) in [6.07, 6.45) is 2.02. The molecule has 1 aliphatic rings. The molecular formula is C12H17N3. The van der Waals surface area contributed by atoms with E-state index in [1.807, 2.05) is 17.4 Å². The Balaban J connectivity index is 1.90. The van der Waals surface area contributed by atoms with Crippen LogP contribution in [0.2, 0.25) is 0 Å². The second kappa shape index (κ2) is 4.36. The summed E-state index contributed by atoms with van der Waals surface area (Å²) >= 11 is 0. The van der Waals surface area contributed by atoms with Crippen molar-refractivity contribution >= 4 is 0 Å². The fourth-order valence-corrected chi connectivity index (χ4v) is 1.51. The second-order valence-electron chi connectivity index (χ2n) is 4.07. The largest absolute Gasteiger partial charge is 0.307 e. The lowest BCUT2D eigenvalue weighted by molar-refractivity contribution is 0.173. The molecule has 0 saturated heterocycles. The van der Waals surface area contributed by atoms with Crippen molar-refractivity contribution in [2.75, 3.05) is 0 Å². The first-order valence-corrected chi connectivity index (χ1v) is 5.30. The highest BCUT2D eigenvalue weighted by molar-refractivity contribution is 5.15. The lowest BCUT2D eigenvalue weighted by atomic mass is 10.2. The number of hydrazine groups is 2. The highest BCUT2D eigenvalue weighted by Crippen LogP contribution is 2.11. The van der Waals surface area contributed by atoms with Gasteiger partial charge in [0.1, 0.15) is 0 Å². The molecule has 0 aromatic heterocycles. The summed E-state index contributed by atoms with van der Waals surface area (Å²) in [7, 11) is 0. The highest BCUT2D eigenvalue weighted by Gasteiger charge is 2.14. The summed E-state index contributed by atoms with van der Waals surface area (Å²) in [5.41, 5.74) is 9.03. The molecule has 2 N–H and O–H groups in total. The molecule has 3 heteroatoms. The van der Waals surface area contributed by atoms with Gasteiger partial charge in [-0.3, -0.25) is 0 Å². The second-order valence-corrected chi connectivity index (χ2v) is 4.07. The van der Waals surface area contributed by atoms with Crippen LogP contribution in [0.15, 0.2) is 42.2 Å². The molecule has 15 heavy (non-hydrogen) atoms. The van der Waals surface area contributed by atoms with Crippen molar-refractivity contribution in [1.29, 1.82) is 0 Å². The number of rotatable bonds is 3. The van der Waals surface area contributed by atoms with Crippen LogP contribution in [0, 0.1) is 5.92 Å². The third kappa shape index (κ3) is 2.50. The average Bonchev–Trinajstić information content (AvgIpc) is 2.68. The predicted octanol–water partition coefficient (Wildman–Crippen LogP) is 2.01. The van der Waals surface area contributed by atoms with Gasteiger partial charge in [-0.1, -0.05) is 44.2 Å². The van der Waals surface area contributed by atoms with E-state index in [1.165, 1.54) is 11.3 Å². The zero-order chi connectivity index (χ0) is 10.7. The fraction of sp³-hybridized carbons (Fsp3) is 0.333. The van der Waals surface area contributed by atoms with E-state index in [0.29, 0.717) is 5.92 Å². The van der Waals surface area contributed by atoms with Gasteiger partial charge in [0.05, 0.1) is 6.54 Å². The van der Waals surface area contributed by atoms with Gasteiger partial charge in [-0.2, -0.15) is 0 Å². The summed E-state index contributed by atoms with van der Waals surface area (Å²) in [4.78, 5) is 0. The third-order valence-electron chi connectivity index (χ3n) is 2.45. The summed E-state index contributed by atoms with van der Waals surface area (Å²) in [6, 6.07) is 10.4. The van der Waals surface area contributed by atoms with Gasteiger partial charge in [-0.15, -0.1) is 5.12 Å². The lowest BCUT2D eigenvalue weighted by Gasteiger charge is -2.18. The van der Waals surface area contributed by atoms with Crippen LogP contribution in [0.25, 0.3) is 0 Å². The Labute approximate surface area is 90.7 Å². The molecule has 0 atom stereocenters. The van der Waals surface area contributed by atoms with Crippen molar-refractivity contribution in [2.45, 2.75) is 20.4 Å². The molecule has 0 fully saturated rings. The number of allylic oxidation sites excluding steroid dienone is 1. The third-order valence-corrected chi connectivity index (χ3v) is 2.45. The smallest absolute Gasteiger partial charge is 0.0638 e. The van der Waals surface area contributed by atoms with Crippen LogP contribution in [0.1, 0.15) is 19.4 Å². The Morgan fingerprint density at radius 2 is 1.93 bits per heavy atom. The fourth-order valence-electron chi connectivity index (χ4n) is 1.51. The molecule has 80 valence electrons. The number of nitrogens with one attached hydrogen (secondary N) is 2.